The van der Waals surface area contributed by atoms with Crippen molar-refractivity contribution >= 4 is 16.7 Å². The Bertz CT molecular complexity index is 557. The number of nitrogens with zero attached hydrogens (tertiary/aromatic N) is 3. The lowest BCUT2D eigenvalue weighted by atomic mass is 10.2. The Morgan fingerprint density at radius 1 is 1.30 bits per heavy atom. The van der Waals surface area contributed by atoms with Gasteiger partial charge in [0.15, 0.2) is 5.82 Å². The Morgan fingerprint density at radius 3 is 2.85 bits per heavy atom. The normalized spacial score (nSPS) is 23.0. The molecule has 106 valence electrons. The van der Waals surface area contributed by atoms with Crippen LogP contribution in [0.15, 0.2) is 30.3 Å². The Morgan fingerprint density at radius 2 is 2.10 bits per heavy atom. The van der Waals surface area contributed by atoms with Gasteiger partial charge in [0.1, 0.15) is 0 Å². The molecule has 4 nitrogen and oxygen atoms in total. The molecule has 0 bridgehead atoms. The predicted molar refractivity (Wildman–Crippen MR) is 82.2 cm³/mol. The molecule has 20 heavy (non-hydrogen) atoms. The van der Waals surface area contributed by atoms with Crippen LogP contribution in [-0.4, -0.2) is 34.7 Å². The molecule has 1 aromatic carbocycles. The minimum Gasteiger partial charge on any atom is -0.372 e. The molecule has 1 fully saturated rings. The monoisotopic (exact) mass is 289 g/mol. The summed E-state index contributed by atoms with van der Waals surface area (Å²) in [5, 5.41) is 0.998. The van der Waals surface area contributed by atoms with E-state index in [2.05, 4.69) is 28.1 Å². The fourth-order valence-electron chi connectivity index (χ4n) is 2.48. The van der Waals surface area contributed by atoms with Crippen molar-refractivity contribution < 1.29 is 4.74 Å². The van der Waals surface area contributed by atoms with Crippen LogP contribution in [-0.2, 0) is 4.74 Å². The maximum atomic E-state index is 5.89. The number of hydrogen-bond acceptors (Lipinski definition) is 5. The van der Waals surface area contributed by atoms with Gasteiger partial charge in [0.2, 0.25) is 5.13 Å². The van der Waals surface area contributed by atoms with Gasteiger partial charge in [-0.2, -0.15) is 9.36 Å². The smallest absolute Gasteiger partial charge is 0.205 e. The van der Waals surface area contributed by atoms with Crippen LogP contribution in [0.3, 0.4) is 0 Å². The molecule has 1 aliphatic heterocycles. The first-order chi connectivity index (χ1) is 9.76. The van der Waals surface area contributed by atoms with Crippen LogP contribution in [0.2, 0.25) is 0 Å². The average molecular weight is 289 g/mol. The van der Waals surface area contributed by atoms with Crippen LogP contribution < -0.4 is 4.90 Å². The summed E-state index contributed by atoms with van der Waals surface area (Å²) in [6, 6.07) is 10.1. The van der Waals surface area contributed by atoms with Crippen molar-refractivity contribution in [1.82, 2.24) is 9.36 Å². The summed E-state index contributed by atoms with van der Waals surface area (Å²) < 4.78 is 10.4. The second-order valence-electron chi connectivity index (χ2n) is 5.15. The molecule has 1 saturated heterocycles. The number of anilines is 1. The molecule has 3 rings (SSSR count). The van der Waals surface area contributed by atoms with Crippen molar-refractivity contribution in [2.45, 2.75) is 32.5 Å². The maximum absolute atomic E-state index is 5.89. The van der Waals surface area contributed by atoms with Gasteiger partial charge in [-0.05, 0) is 13.3 Å². The molecule has 2 atom stereocenters. The zero-order valence-corrected chi connectivity index (χ0v) is 12.6. The third-order valence-electron chi connectivity index (χ3n) is 3.50. The summed E-state index contributed by atoms with van der Waals surface area (Å²) in [5.74, 6) is 0.817. The van der Waals surface area contributed by atoms with Crippen molar-refractivity contribution in [2.24, 2.45) is 0 Å². The lowest BCUT2D eigenvalue weighted by Gasteiger charge is -2.36. The number of benzene rings is 1. The van der Waals surface area contributed by atoms with Gasteiger partial charge in [-0.15, -0.1) is 0 Å². The zero-order valence-electron chi connectivity index (χ0n) is 11.8. The van der Waals surface area contributed by atoms with Gasteiger partial charge in [0.05, 0.1) is 12.2 Å². The summed E-state index contributed by atoms with van der Waals surface area (Å²) in [6.45, 7) is 6.08. The summed E-state index contributed by atoms with van der Waals surface area (Å²) >= 11 is 1.47. The SMILES string of the molecule is CCC1CN(c2nc(-c3ccccc3)ns2)CC(C)O1. The minimum absolute atomic E-state index is 0.248. The van der Waals surface area contributed by atoms with Crippen molar-refractivity contribution in [3.8, 4) is 11.4 Å². The van der Waals surface area contributed by atoms with E-state index in [0.717, 1.165) is 36.0 Å². The Kier molecular flexibility index (Phi) is 3.98. The molecular formula is C15H19N3OS. The van der Waals surface area contributed by atoms with E-state index in [9.17, 15) is 0 Å². The van der Waals surface area contributed by atoms with E-state index in [-0.39, 0.29) is 6.10 Å². The summed E-state index contributed by atoms with van der Waals surface area (Å²) in [4.78, 5) is 6.98. The van der Waals surface area contributed by atoms with Gasteiger partial charge < -0.3 is 9.64 Å². The molecule has 2 heterocycles. The van der Waals surface area contributed by atoms with E-state index < -0.39 is 0 Å². The first-order valence-electron chi connectivity index (χ1n) is 7.05. The predicted octanol–water partition coefficient (Wildman–Crippen LogP) is 3.21. The fourth-order valence-corrected chi connectivity index (χ4v) is 3.18. The quantitative estimate of drug-likeness (QED) is 0.869. The Balaban J connectivity index is 1.79. The van der Waals surface area contributed by atoms with Gasteiger partial charge in [-0.1, -0.05) is 37.3 Å². The molecule has 1 aromatic heterocycles. The standard InChI is InChI=1S/C15H19N3OS/c1-3-13-10-18(9-11(2)19-13)15-16-14(17-20-15)12-7-5-4-6-8-12/h4-8,11,13H,3,9-10H2,1-2H3. The largest absolute Gasteiger partial charge is 0.372 e. The molecule has 5 heteroatoms. The third kappa shape index (κ3) is 2.83. The van der Waals surface area contributed by atoms with E-state index in [1.807, 2.05) is 30.3 Å². The van der Waals surface area contributed by atoms with Crippen molar-refractivity contribution in [2.75, 3.05) is 18.0 Å². The first kappa shape index (κ1) is 13.5. The highest BCUT2D eigenvalue weighted by Gasteiger charge is 2.26. The van der Waals surface area contributed by atoms with Gasteiger partial charge in [0.25, 0.3) is 0 Å². The molecule has 0 aliphatic carbocycles. The van der Waals surface area contributed by atoms with Crippen LogP contribution in [0.5, 0.6) is 0 Å². The second-order valence-corrected chi connectivity index (χ2v) is 5.88. The molecule has 0 saturated carbocycles. The van der Waals surface area contributed by atoms with E-state index in [0.29, 0.717) is 6.10 Å². The van der Waals surface area contributed by atoms with Gasteiger partial charge in [-0.25, -0.2) is 0 Å². The van der Waals surface area contributed by atoms with Crippen LogP contribution in [0.25, 0.3) is 11.4 Å². The van der Waals surface area contributed by atoms with Crippen molar-refractivity contribution in [3.63, 3.8) is 0 Å². The number of ether oxygens (including phenoxy) is 1. The van der Waals surface area contributed by atoms with Gasteiger partial charge in [0, 0.05) is 30.2 Å². The highest BCUT2D eigenvalue weighted by atomic mass is 32.1. The maximum Gasteiger partial charge on any atom is 0.205 e. The number of hydrogen-bond donors (Lipinski definition) is 0. The molecular weight excluding hydrogens is 270 g/mol. The number of morpholine rings is 1. The molecule has 0 amide bonds. The summed E-state index contributed by atoms with van der Waals surface area (Å²) in [7, 11) is 0. The first-order valence-corrected chi connectivity index (χ1v) is 7.83. The minimum atomic E-state index is 0.248. The highest BCUT2D eigenvalue weighted by molar-refractivity contribution is 7.09. The molecule has 0 N–H and O–H groups in total. The lowest BCUT2D eigenvalue weighted by Crippen LogP contribution is -2.46. The number of aromatic nitrogens is 2. The van der Waals surface area contributed by atoms with Gasteiger partial charge >= 0.3 is 0 Å². The lowest BCUT2D eigenvalue weighted by molar-refractivity contribution is -0.0172. The van der Waals surface area contributed by atoms with E-state index in [4.69, 9.17) is 4.74 Å². The van der Waals surface area contributed by atoms with Crippen LogP contribution in [0, 0.1) is 0 Å². The molecule has 2 aromatic rings. The fraction of sp³-hybridized carbons (Fsp3) is 0.467. The van der Waals surface area contributed by atoms with E-state index in [1.165, 1.54) is 11.5 Å². The van der Waals surface area contributed by atoms with Gasteiger partial charge in [-0.3, -0.25) is 0 Å². The molecule has 2 unspecified atom stereocenters. The van der Waals surface area contributed by atoms with Crippen molar-refractivity contribution in [3.05, 3.63) is 30.3 Å². The molecule has 1 aliphatic rings. The van der Waals surface area contributed by atoms with E-state index >= 15 is 0 Å². The second kappa shape index (κ2) is 5.89. The Labute approximate surface area is 123 Å². The Hall–Kier alpha value is -1.46. The third-order valence-corrected chi connectivity index (χ3v) is 4.28. The highest BCUT2D eigenvalue weighted by Crippen LogP contribution is 2.26. The molecule has 0 spiro atoms. The van der Waals surface area contributed by atoms with Crippen molar-refractivity contribution in [1.29, 1.82) is 0 Å². The molecule has 0 radical (unpaired) electrons. The van der Waals surface area contributed by atoms with E-state index in [1.54, 1.807) is 0 Å². The van der Waals surface area contributed by atoms with Crippen LogP contribution >= 0.6 is 11.5 Å². The summed E-state index contributed by atoms with van der Waals surface area (Å²) in [6.07, 6.45) is 1.58. The van der Waals surface area contributed by atoms with Crippen LogP contribution in [0.1, 0.15) is 20.3 Å². The van der Waals surface area contributed by atoms with Crippen LogP contribution in [0.4, 0.5) is 5.13 Å². The zero-order chi connectivity index (χ0) is 13.9. The summed E-state index contributed by atoms with van der Waals surface area (Å²) in [5.41, 5.74) is 1.07. The average Bonchev–Trinajstić information content (AvgIpc) is 2.97. The number of rotatable bonds is 3. The topological polar surface area (TPSA) is 38.2 Å².